The van der Waals surface area contributed by atoms with E-state index in [2.05, 4.69) is 15.6 Å². The van der Waals surface area contributed by atoms with Crippen molar-refractivity contribution in [2.75, 3.05) is 19.6 Å². The van der Waals surface area contributed by atoms with Gasteiger partial charge in [-0.25, -0.2) is 4.98 Å². The zero-order valence-electron chi connectivity index (χ0n) is 13.1. The van der Waals surface area contributed by atoms with E-state index in [0.717, 1.165) is 25.9 Å². The second kappa shape index (κ2) is 7.22. The Kier molecular flexibility index (Phi) is 4.85. The van der Waals surface area contributed by atoms with Gasteiger partial charge in [-0.15, -0.1) is 0 Å². The second-order valence-electron chi connectivity index (χ2n) is 5.83. The first-order chi connectivity index (χ1) is 11.6. The van der Waals surface area contributed by atoms with E-state index < -0.39 is 4.92 Å². The number of amides is 1. The van der Waals surface area contributed by atoms with Crippen molar-refractivity contribution >= 4 is 11.6 Å². The summed E-state index contributed by atoms with van der Waals surface area (Å²) in [5, 5.41) is 17.4. The van der Waals surface area contributed by atoms with Crippen molar-refractivity contribution in [2.24, 2.45) is 5.92 Å². The first-order valence-corrected chi connectivity index (χ1v) is 7.91. The maximum Gasteiger partial charge on any atom is 0.294 e. The molecule has 0 saturated carbocycles. The SMILES string of the molecule is O=C(NCCC1CCNC1)c1ccc(-n2ccnc2)c([N+](=O)[O-])c1. The van der Waals surface area contributed by atoms with Gasteiger partial charge in [-0.3, -0.25) is 14.9 Å². The highest BCUT2D eigenvalue weighted by Gasteiger charge is 2.19. The van der Waals surface area contributed by atoms with E-state index in [1.807, 2.05) is 0 Å². The van der Waals surface area contributed by atoms with Crippen LogP contribution in [-0.2, 0) is 0 Å². The Hall–Kier alpha value is -2.74. The molecule has 1 unspecified atom stereocenters. The van der Waals surface area contributed by atoms with Gasteiger partial charge in [0.2, 0.25) is 0 Å². The fraction of sp³-hybridized carbons (Fsp3) is 0.375. The van der Waals surface area contributed by atoms with Crippen LogP contribution in [0, 0.1) is 16.0 Å². The van der Waals surface area contributed by atoms with Crippen molar-refractivity contribution in [3.63, 3.8) is 0 Å². The van der Waals surface area contributed by atoms with Crippen LogP contribution in [0.25, 0.3) is 5.69 Å². The highest BCUT2D eigenvalue weighted by atomic mass is 16.6. The highest BCUT2D eigenvalue weighted by Crippen LogP contribution is 2.24. The van der Waals surface area contributed by atoms with Gasteiger partial charge in [-0.05, 0) is 44.0 Å². The monoisotopic (exact) mass is 329 g/mol. The highest BCUT2D eigenvalue weighted by molar-refractivity contribution is 5.95. The number of imidazole rings is 1. The van der Waals surface area contributed by atoms with E-state index in [0.29, 0.717) is 18.2 Å². The number of nitro benzene ring substituents is 1. The number of hydrogen-bond acceptors (Lipinski definition) is 5. The van der Waals surface area contributed by atoms with Crippen LogP contribution in [0.3, 0.4) is 0 Å². The van der Waals surface area contributed by atoms with Gasteiger partial charge in [-0.2, -0.15) is 0 Å². The van der Waals surface area contributed by atoms with Gasteiger partial charge in [0.15, 0.2) is 0 Å². The Morgan fingerprint density at radius 3 is 3.04 bits per heavy atom. The van der Waals surface area contributed by atoms with Gasteiger partial charge in [0.05, 0.1) is 11.3 Å². The molecule has 8 heteroatoms. The normalized spacial score (nSPS) is 16.9. The number of nitro groups is 1. The number of aromatic nitrogens is 2. The molecule has 1 atom stereocenters. The van der Waals surface area contributed by atoms with Crippen molar-refractivity contribution in [3.8, 4) is 5.69 Å². The van der Waals surface area contributed by atoms with Crippen LogP contribution >= 0.6 is 0 Å². The van der Waals surface area contributed by atoms with Gasteiger partial charge in [0.25, 0.3) is 11.6 Å². The minimum Gasteiger partial charge on any atom is -0.352 e. The van der Waals surface area contributed by atoms with Crippen molar-refractivity contribution in [3.05, 3.63) is 52.6 Å². The molecule has 24 heavy (non-hydrogen) atoms. The van der Waals surface area contributed by atoms with Crippen molar-refractivity contribution < 1.29 is 9.72 Å². The van der Waals surface area contributed by atoms with Gasteiger partial charge in [-0.1, -0.05) is 0 Å². The fourth-order valence-electron chi connectivity index (χ4n) is 2.88. The molecule has 0 aliphatic carbocycles. The van der Waals surface area contributed by atoms with Crippen LogP contribution in [-0.4, -0.2) is 40.0 Å². The minimum atomic E-state index is -0.490. The van der Waals surface area contributed by atoms with E-state index in [4.69, 9.17) is 0 Å². The van der Waals surface area contributed by atoms with Gasteiger partial charge in [0, 0.05) is 30.6 Å². The summed E-state index contributed by atoms with van der Waals surface area (Å²) in [5.41, 5.74) is 0.543. The molecule has 3 rings (SSSR count). The summed E-state index contributed by atoms with van der Waals surface area (Å²) in [4.78, 5) is 26.9. The predicted molar refractivity (Wildman–Crippen MR) is 88.1 cm³/mol. The summed E-state index contributed by atoms with van der Waals surface area (Å²) in [6.45, 7) is 2.59. The van der Waals surface area contributed by atoms with Crippen molar-refractivity contribution in [1.82, 2.24) is 20.2 Å². The molecular weight excluding hydrogens is 310 g/mol. The number of hydrogen-bond donors (Lipinski definition) is 2. The molecule has 1 amide bonds. The molecule has 1 aliphatic rings. The molecule has 126 valence electrons. The maximum absolute atomic E-state index is 12.2. The summed E-state index contributed by atoms with van der Waals surface area (Å²) in [6.07, 6.45) is 6.69. The molecular formula is C16H19N5O3. The largest absolute Gasteiger partial charge is 0.352 e. The Balaban J connectivity index is 1.70. The molecule has 2 heterocycles. The number of nitrogens with one attached hydrogen (secondary N) is 2. The maximum atomic E-state index is 12.2. The van der Waals surface area contributed by atoms with E-state index >= 15 is 0 Å². The summed E-state index contributed by atoms with van der Waals surface area (Å²) in [5.74, 6) is 0.296. The molecule has 1 fully saturated rings. The summed E-state index contributed by atoms with van der Waals surface area (Å²) >= 11 is 0. The topological polar surface area (TPSA) is 102 Å². The molecule has 0 spiro atoms. The van der Waals surface area contributed by atoms with Gasteiger partial charge < -0.3 is 15.2 Å². The van der Waals surface area contributed by atoms with E-state index in [1.54, 1.807) is 29.1 Å². The molecule has 8 nitrogen and oxygen atoms in total. The molecule has 1 saturated heterocycles. The molecule has 2 N–H and O–H groups in total. The Morgan fingerprint density at radius 2 is 2.38 bits per heavy atom. The average Bonchev–Trinajstić information content (AvgIpc) is 3.28. The van der Waals surface area contributed by atoms with Crippen LogP contribution in [0.4, 0.5) is 5.69 Å². The third-order valence-electron chi connectivity index (χ3n) is 4.22. The van der Waals surface area contributed by atoms with Crippen molar-refractivity contribution in [2.45, 2.75) is 12.8 Å². The number of benzene rings is 1. The van der Waals surface area contributed by atoms with E-state index in [9.17, 15) is 14.9 Å². The molecule has 1 aromatic carbocycles. The zero-order valence-corrected chi connectivity index (χ0v) is 13.1. The van der Waals surface area contributed by atoms with Crippen LogP contribution in [0.15, 0.2) is 36.9 Å². The third-order valence-corrected chi connectivity index (χ3v) is 4.22. The Bertz CT molecular complexity index is 723. The van der Waals surface area contributed by atoms with Crippen molar-refractivity contribution in [1.29, 1.82) is 0 Å². The summed E-state index contributed by atoms with van der Waals surface area (Å²) < 4.78 is 1.55. The summed E-state index contributed by atoms with van der Waals surface area (Å²) in [7, 11) is 0. The van der Waals surface area contributed by atoms with Crippen LogP contribution in [0.1, 0.15) is 23.2 Å². The Morgan fingerprint density at radius 1 is 1.50 bits per heavy atom. The predicted octanol–water partition coefficient (Wildman–Crippen LogP) is 1.51. The lowest BCUT2D eigenvalue weighted by Crippen LogP contribution is -2.26. The lowest BCUT2D eigenvalue weighted by atomic mass is 10.1. The quantitative estimate of drug-likeness (QED) is 0.618. The number of carbonyl (C=O) groups excluding carboxylic acids is 1. The lowest BCUT2D eigenvalue weighted by Gasteiger charge is -2.10. The fourth-order valence-corrected chi connectivity index (χ4v) is 2.88. The molecule has 0 radical (unpaired) electrons. The smallest absolute Gasteiger partial charge is 0.294 e. The zero-order chi connectivity index (χ0) is 16.9. The number of carbonyl (C=O) groups is 1. The molecule has 0 bridgehead atoms. The number of rotatable bonds is 6. The molecule has 2 aromatic rings. The van der Waals surface area contributed by atoms with Gasteiger partial charge in [0.1, 0.15) is 5.69 Å². The first kappa shape index (κ1) is 16.1. The second-order valence-corrected chi connectivity index (χ2v) is 5.83. The van der Waals surface area contributed by atoms with Gasteiger partial charge >= 0.3 is 0 Å². The van der Waals surface area contributed by atoms with E-state index in [1.165, 1.54) is 12.4 Å². The lowest BCUT2D eigenvalue weighted by molar-refractivity contribution is -0.384. The molecule has 1 aliphatic heterocycles. The third kappa shape index (κ3) is 3.60. The number of nitrogens with zero attached hydrogens (tertiary/aromatic N) is 3. The summed E-state index contributed by atoms with van der Waals surface area (Å²) in [6, 6.07) is 4.46. The molecule has 1 aromatic heterocycles. The van der Waals surface area contributed by atoms with E-state index in [-0.39, 0.29) is 17.2 Å². The Labute approximate surface area is 139 Å². The van der Waals surface area contributed by atoms with Crippen LogP contribution < -0.4 is 10.6 Å². The van der Waals surface area contributed by atoms with Crippen LogP contribution in [0.2, 0.25) is 0 Å². The van der Waals surface area contributed by atoms with Crippen LogP contribution in [0.5, 0.6) is 0 Å². The average molecular weight is 329 g/mol. The standard InChI is InChI=1S/C16H19N5O3/c22-16(19-6-4-12-3-5-17-10-12)13-1-2-14(15(9-13)21(23)24)20-8-7-18-11-20/h1-2,7-9,11-12,17H,3-6,10H2,(H,19,22). The minimum absolute atomic E-state index is 0.124. The first-order valence-electron chi connectivity index (χ1n) is 7.91.